The van der Waals surface area contributed by atoms with Crippen molar-refractivity contribution in [2.45, 2.75) is 6.61 Å². The number of nitrogens with zero attached hydrogens (tertiary/aromatic N) is 1. The Morgan fingerprint density at radius 2 is 2.05 bits per heavy atom. The predicted octanol–water partition coefficient (Wildman–Crippen LogP) is 4.03. The lowest BCUT2D eigenvalue weighted by Gasteiger charge is -2.06. The number of hydrogen-bond donors (Lipinski definition) is 1. The van der Waals surface area contributed by atoms with Gasteiger partial charge in [0.05, 0.1) is 11.4 Å². The summed E-state index contributed by atoms with van der Waals surface area (Å²) < 4.78 is 5.68. The SMILES string of the molecule is Nc1ccccc1OCc1csc(-c2ccsc2)n1. The minimum atomic E-state index is 0.439. The molecule has 3 rings (SSSR count). The van der Waals surface area contributed by atoms with Gasteiger partial charge in [-0.3, -0.25) is 0 Å². The number of thiazole rings is 1. The van der Waals surface area contributed by atoms with E-state index in [1.807, 2.05) is 29.6 Å². The van der Waals surface area contributed by atoms with Crippen LogP contribution in [0.4, 0.5) is 5.69 Å². The monoisotopic (exact) mass is 288 g/mol. The smallest absolute Gasteiger partial charge is 0.142 e. The lowest BCUT2D eigenvalue weighted by atomic mass is 10.3. The van der Waals surface area contributed by atoms with Crippen molar-refractivity contribution in [1.82, 2.24) is 4.98 Å². The molecule has 0 atom stereocenters. The molecule has 2 N–H and O–H groups in total. The fourth-order valence-corrected chi connectivity index (χ4v) is 3.17. The van der Waals surface area contributed by atoms with Gasteiger partial charge in [0.2, 0.25) is 0 Å². The summed E-state index contributed by atoms with van der Waals surface area (Å²) in [6.45, 7) is 0.439. The van der Waals surface area contributed by atoms with Crippen molar-refractivity contribution < 1.29 is 4.74 Å². The van der Waals surface area contributed by atoms with Crippen LogP contribution in [-0.4, -0.2) is 4.98 Å². The van der Waals surface area contributed by atoms with Gasteiger partial charge in [0, 0.05) is 16.3 Å². The van der Waals surface area contributed by atoms with Crippen LogP contribution in [0.15, 0.2) is 46.5 Å². The first kappa shape index (κ1) is 12.2. The number of ether oxygens (including phenoxy) is 1. The number of anilines is 1. The number of nitrogens with two attached hydrogens (primary N) is 1. The first-order chi connectivity index (χ1) is 9.33. The van der Waals surface area contributed by atoms with Crippen LogP contribution in [-0.2, 0) is 6.61 Å². The molecule has 0 aliphatic heterocycles. The summed E-state index contributed by atoms with van der Waals surface area (Å²) in [6, 6.07) is 9.56. The van der Waals surface area contributed by atoms with Gasteiger partial charge in [0.15, 0.2) is 0 Å². The second kappa shape index (κ2) is 5.42. The van der Waals surface area contributed by atoms with Crippen LogP contribution in [0.25, 0.3) is 10.6 Å². The van der Waals surface area contributed by atoms with Gasteiger partial charge in [-0.1, -0.05) is 12.1 Å². The highest BCUT2D eigenvalue weighted by molar-refractivity contribution is 7.14. The van der Waals surface area contributed by atoms with Gasteiger partial charge in [-0.05, 0) is 23.6 Å². The molecule has 19 heavy (non-hydrogen) atoms. The number of benzene rings is 1. The molecule has 2 heterocycles. The van der Waals surface area contributed by atoms with Crippen LogP contribution in [0.3, 0.4) is 0 Å². The molecule has 0 unspecified atom stereocenters. The number of aromatic nitrogens is 1. The van der Waals surface area contributed by atoms with Crippen LogP contribution in [0.5, 0.6) is 5.75 Å². The number of para-hydroxylation sites is 2. The Labute approximate surface area is 119 Å². The zero-order valence-electron chi connectivity index (χ0n) is 10.1. The molecule has 0 saturated carbocycles. The van der Waals surface area contributed by atoms with Crippen LogP contribution in [0.1, 0.15) is 5.69 Å². The number of thiophene rings is 1. The topological polar surface area (TPSA) is 48.1 Å². The Morgan fingerprint density at radius 1 is 1.16 bits per heavy atom. The van der Waals surface area contributed by atoms with Crippen molar-refractivity contribution >= 4 is 28.4 Å². The quantitative estimate of drug-likeness (QED) is 0.737. The standard InChI is InChI=1S/C14H12N2OS2/c15-12-3-1-2-4-13(12)17-7-11-9-19-14(16-11)10-5-6-18-8-10/h1-6,8-9H,7,15H2. The third kappa shape index (κ3) is 2.77. The van der Waals surface area contributed by atoms with Gasteiger partial charge < -0.3 is 10.5 Å². The molecule has 2 aromatic heterocycles. The summed E-state index contributed by atoms with van der Waals surface area (Å²) in [4.78, 5) is 4.56. The minimum absolute atomic E-state index is 0.439. The Hall–Kier alpha value is -1.85. The van der Waals surface area contributed by atoms with Crippen LogP contribution >= 0.6 is 22.7 Å². The lowest BCUT2D eigenvalue weighted by Crippen LogP contribution is -1.98. The molecule has 3 aromatic rings. The Kier molecular flexibility index (Phi) is 3.48. The molecule has 5 heteroatoms. The fourth-order valence-electron chi connectivity index (χ4n) is 1.66. The molecule has 0 aliphatic carbocycles. The lowest BCUT2D eigenvalue weighted by molar-refractivity contribution is 0.304. The molecule has 0 radical (unpaired) electrons. The molecule has 1 aromatic carbocycles. The van der Waals surface area contributed by atoms with E-state index in [1.165, 1.54) is 5.56 Å². The number of rotatable bonds is 4. The number of nitrogen functional groups attached to an aromatic ring is 1. The van der Waals surface area contributed by atoms with E-state index in [1.54, 1.807) is 22.7 Å². The van der Waals surface area contributed by atoms with E-state index in [0.29, 0.717) is 18.0 Å². The summed E-state index contributed by atoms with van der Waals surface area (Å²) in [6.07, 6.45) is 0. The van der Waals surface area contributed by atoms with Gasteiger partial charge in [0.25, 0.3) is 0 Å². The first-order valence-corrected chi connectivity index (χ1v) is 7.59. The maximum absolute atomic E-state index is 5.83. The molecule has 0 aliphatic rings. The summed E-state index contributed by atoms with van der Waals surface area (Å²) >= 11 is 3.31. The largest absolute Gasteiger partial charge is 0.485 e. The highest BCUT2D eigenvalue weighted by atomic mass is 32.1. The average Bonchev–Trinajstić information content (AvgIpc) is 3.09. The second-order valence-corrected chi connectivity index (χ2v) is 5.62. The van der Waals surface area contributed by atoms with E-state index in [2.05, 4.69) is 21.8 Å². The predicted molar refractivity (Wildman–Crippen MR) is 80.6 cm³/mol. The maximum Gasteiger partial charge on any atom is 0.142 e. The van der Waals surface area contributed by atoms with Crippen molar-refractivity contribution in [1.29, 1.82) is 0 Å². The summed E-state index contributed by atoms with van der Waals surface area (Å²) in [5.74, 6) is 0.701. The second-order valence-electron chi connectivity index (χ2n) is 3.98. The van der Waals surface area contributed by atoms with Gasteiger partial charge in [-0.25, -0.2) is 4.98 Å². The van der Waals surface area contributed by atoms with Gasteiger partial charge in [0.1, 0.15) is 17.4 Å². The Bertz CT molecular complexity index is 662. The Balaban J connectivity index is 1.70. The molecule has 0 amide bonds. The third-order valence-electron chi connectivity index (χ3n) is 2.61. The van der Waals surface area contributed by atoms with Crippen LogP contribution in [0.2, 0.25) is 0 Å². The van der Waals surface area contributed by atoms with Crippen LogP contribution < -0.4 is 10.5 Å². The van der Waals surface area contributed by atoms with Crippen molar-refractivity contribution in [3.8, 4) is 16.3 Å². The summed E-state index contributed by atoms with van der Waals surface area (Å²) in [5.41, 5.74) is 8.57. The van der Waals surface area contributed by atoms with Gasteiger partial charge in [-0.15, -0.1) is 11.3 Å². The van der Waals surface area contributed by atoms with Crippen molar-refractivity contribution in [3.63, 3.8) is 0 Å². The van der Waals surface area contributed by atoms with E-state index < -0.39 is 0 Å². The number of hydrogen-bond acceptors (Lipinski definition) is 5. The van der Waals surface area contributed by atoms with Gasteiger partial charge in [-0.2, -0.15) is 11.3 Å². The molecule has 0 bridgehead atoms. The third-order valence-corrected chi connectivity index (χ3v) is 4.24. The highest BCUT2D eigenvalue weighted by Crippen LogP contribution is 2.27. The molecular formula is C14H12N2OS2. The fraction of sp³-hybridized carbons (Fsp3) is 0.0714. The van der Waals surface area contributed by atoms with E-state index in [9.17, 15) is 0 Å². The zero-order chi connectivity index (χ0) is 13.1. The average molecular weight is 288 g/mol. The molecule has 3 nitrogen and oxygen atoms in total. The van der Waals surface area contributed by atoms with Crippen molar-refractivity contribution in [2.24, 2.45) is 0 Å². The van der Waals surface area contributed by atoms with Crippen molar-refractivity contribution in [3.05, 3.63) is 52.2 Å². The van der Waals surface area contributed by atoms with Gasteiger partial charge >= 0.3 is 0 Å². The van der Waals surface area contributed by atoms with Crippen LogP contribution in [0, 0.1) is 0 Å². The summed E-state index contributed by atoms with van der Waals surface area (Å²) in [7, 11) is 0. The van der Waals surface area contributed by atoms with Crippen molar-refractivity contribution in [2.75, 3.05) is 5.73 Å². The molecule has 0 saturated heterocycles. The van der Waals surface area contributed by atoms with E-state index >= 15 is 0 Å². The molecule has 0 spiro atoms. The highest BCUT2D eigenvalue weighted by Gasteiger charge is 2.06. The minimum Gasteiger partial charge on any atom is -0.485 e. The first-order valence-electron chi connectivity index (χ1n) is 5.77. The normalized spacial score (nSPS) is 10.5. The van der Waals surface area contributed by atoms with E-state index in [4.69, 9.17) is 10.5 Å². The molecule has 0 fully saturated rings. The Morgan fingerprint density at radius 3 is 2.84 bits per heavy atom. The van der Waals surface area contributed by atoms with E-state index in [0.717, 1.165) is 10.7 Å². The zero-order valence-corrected chi connectivity index (χ0v) is 11.7. The maximum atomic E-state index is 5.83. The summed E-state index contributed by atoms with van der Waals surface area (Å²) in [5, 5.41) is 7.20. The van der Waals surface area contributed by atoms with E-state index in [-0.39, 0.29) is 0 Å². The molecular weight excluding hydrogens is 276 g/mol. The molecule has 96 valence electrons.